The first-order chi connectivity index (χ1) is 12.1. The number of nitrogens with zero attached hydrogens (tertiary/aromatic N) is 3. The van der Waals surface area contributed by atoms with E-state index in [4.69, 9.17) is 0 Å². The molecule has 5 heteroatoms. The third-order valence-corrected chi connectivity index (χ3v) is 4.13. The molecule has 0 spiro atoms. The lowest BCUT2D eigenvalue weighted by atomic mass is 10.0. The average Bonchev–Trinajstić information content (AvgIpc) is 2.99. The van der Waals surface area contributed by atoms with Crippen LogP contribution in [0.1, 0.15) is 0 Å². The van der Waals surface area contributed by atoms with E-state index in [1.54, 1.807) is 18.2 Å². The molecule has 0 saturated carbocycles. The Morgan fingerprint density at radius 2 is 1.60 bits per heavy atom. The van der Waals surface area contributed by atoms with Crippen molar-refractivity contribution in [1.82, 2.24) is 9.71 Å². The molecule has 4 rings (SSSR count). The highest BCUT2D eigenvalue weighted by Crippen LogP contribution is 2.29. The Morgan fingerprint density at radius 3 is 2.36 bits per heavy atom. The molecule has 1 heterocycles. The van der Waals surface area contributed by atoms with Crippen molar-refractivity contribution >= 4 is 23.4 Å². The highest BCUT2D eigenvalue weighted by Gasteiger charge is 2.14. The lowest BCUT2D eigenvalue weighted by Gasteiger charge is -2.05. The van der Waals surface area contributed by atoms with Crippen LogP contribution < -0.4 is 0 Å². The second-order valence-corrected chi connectivity index (χ2v) is 5.75. The molecule has 3 aromatic carbocycles. The second kappa shape index (κ2) is 5.79. The molecule has 25 heavy (non-hydrogen) atoms. The highest BCUT2D eigenvalue weighted by atomic mass is 16.5. The summed E-state index contributed by atoms with van der Waals surface area (Å²) in [5, 5.41) is 21.9. The van der Waals surface area contributed by atoms with Crippen LogP contribution in [0.3, 0.4) is 0 Å². The van der Waals surface area contributed by atoms with Crippen LogP contribution in [0.2, 0.25) is 0 Å². The molecule has 0 bridgehead atoms. The Hall–Kier alpha value is -3.60. The summed E-state index contributed by atoms with van der Waals surface area (Å²) in [6.45, 7) is 3.32. The molecule has 0 fully saturated rings. The number of fused-ring (bicyclic) bond motifs is 1. The van der Waals surface area contributed by atoms with E-state index in [2.05, 4.69) is 11.7 Å². The van der Waals surface area contributed by atoms with Gasteiger partial charge in [-0.2, -0.15) is 9.47 Å². The monoisotopic (exact) mass is 329 g/mol. The van der Waals surface area contributed by atoms with Gasteiger partial charge < -0.3 is 10.4 Å². The highest BCUT2D eigenvalue weighted by molar-refractivity contribution is 5.83. The molecule has 5 nitrogen and oxygen atoms in total. The fraction of sp³-hybridized carbons (Fsp3) is 0. The van der Waals surface area contributed by atoms with Crippen LogP contribution in [0, 0.1) is 5.21 Å². The van der Waals surface area contributed by atoms with Gasteiger partial charge >= 0.3 is 0 Å². The fourth-order valence-electron chi connectivity index (χ4n) is 2.86. The third-order valence-electron chi connectivity index (χ3n) is 4.13. The van der Waals surface area contributed by atoms with E-state index >= 15 is 0 Å². The molecule has 0 atom stereocenters. The van der Waals surface area contributed by atoms with Crippen LogP contribution in [-0.2, 0) is 0 Å². The van der Waals surface area contributed by atoms with Crippen molar-refractivity contribution in [3.05, 3.63) is 78.0 Å². The minimum absolute atomic E-state index is 0.354. The largest absolute Gasteiger partial charge is 0.619 e. The molecule has 1 N–H and O–H groups in total. The molecule has 1 aromatic heterocycles. The van der Waals surface area contributed by atoms with Gasteiger partial charge in [-0.3, -0.25) is 0 Å². The Labute approximate surface area is 144 Å². The van der Waals surface area contributed by atoms with Gasteiger partial charge in [0.2, 0.25) is 5.69 Å². The number of hydrogen-bond acceptors (Lipinski definition) is 3. The van der Waals surface area contributed by atoms with Crippen LogP contribution >= 0.6 is 0 Å². The maximum Gasteiger partial charge on any atom is 0.218 e. The molecule has 0 radical (unpaired) electrons. The number of imidazole rings is 1. The summed E-state index contributed by atoms with van der Waals surface area (Å²) in [6, 6.07) is 22.7. The predicted octanol–water partition coefficient (Wildman–Crippen LogP) is 4.45. The maximum absolute atomic E-state index is 11.4. The topological polar surface area (TPSA) is 64.1 Å². The standard InChI is InChI=1S/C20H15N3O2/c1-22(24)17-10-11-18-19(13-17)23(25)20(21-18)16-9-5-8-15(12-16)14-6-3-2-4-7-14/h2-13,25H,1H2. The number of rotatable bonds is 3. The summed E-state index contributed by atoms with van der Waals surface area (Å²) in [6.07, 6.45) is 0. The normalized spacial score (nSPS) is 10.9. The van der Waals surface area contributed by atoms with Crippen molar-refractivity contribution in [2.45, 2.75) is 0 Å². The molecule has 0 aliphatic carbocycles. The first-order valence-electron chi connectivity index (χ1n) is 7.79. The van der Waals surface area contributed by atoms with E-state index in [1.807, 2.05) is 54.6 Å². The zero-order chi connectivity index (χ0) is 17.4. The van der Waals surface area contributed by atoms with Gasteiger partial charge in [0.15, 0.2) is 5.82 Å². The number of hydrogen-bond donors (Lipinski definition) is 1. The van der Waals surface area contributed by atoms with Gasteiger partial charge in [-0.25, -0.2) is 4.98 Å². The third kappa shape index (κ3) is 2.61. The van der Waals surface area contributed by atoms with E-state index in [0.29, 0.717) is 27.3 Å². The zero-order valence-corrected chi connectivity index (χ0v) is 13.3. The summed E-state index contributed by atoms with van der Waals surface area (Å²) in [4.78, 5) is 4.49. The average molecular weight is 329 g/mol. The summed E-state index contributed by atoms with van der Waals surface area (Å²) in [5.41, 5.74) is 4.33. The van der Waals surface area contributed by atoms with E-state index in [1.165, 1.54) is 0 Å². The molecule has 4 aromatic rings. The summed E-state index contributed by atoms with van der Waals surface area (Å²) in [5.74, 6) is 0.423. The van der Waals surface area contributed by atoms with Gasteiger partial charge in [-0.15, -0.1) is 0 Å². The molecule has 0 saturated heterocycles. The van der Waals surface area contributed by atoms with Gasteiger partial charge in [0.1, 0.15) is 12.2 Å². The zero-order valence-electron chi connectivity index (χ0n) is 13.3. The van der Waals surface area contributed by atoms with Gasteiger partial charge in [0.05, 0.1) is 5.52 Å². The van der Waals surface area contributed by atoms with E-state index < -0.39 is 0 Å². The first-order valence-corrected chi connectivity index (χ1v) is 7.79. The summed E-state index contributed by atoms with van der Waals surface area (Å²) >= 11 is 0. The lowest BCUT2D eigenvalue weighted by molar-refractivity contribution is -0.349. The van der Waals surface area contributed by atoms with Gasteiger partial charge in [0.25, 0.3) is 0 Å². The fourth-order valence-corrected chi connectivity index (χ4v) is 2.86. The van der Waals surface area contributed by atoms with E-state index in [-0.39, 0.29) is 0 Å². The van der Waals surface area contributed by atoms with Crippen LogP contribution in [-0.4, -0.2) is 26.4 Å². The Kier molecular flexibility index (Phi) is 3.47. The molecule has 0 unspecified atom stereocenters. The minimum atomic E-state index is 0.354. The van der Waals surface area contributed by atoms with Crippen LogP contribution in [0.25, 0.3) is 33.5 Å². The summed E-state index contributed by atoms with van der Waals surface area (Å²) in [7, 11) is 0. The number of aromatic nitrogens is 2. The Morgan fingerprint density at radius 1 is 0.880 bits per heavy atom. The SMILES string of the molecule is C=[N+]([O-])c1ccc2nc(-c3cccc(-c4ccccc4)c3)n(O)c2c1. The van der Waals surface area contributed by atoms with Gasteiger partial charge in [-0.05, 0) is 23.3 Å². The van der Waals surface area contributed by atoms with Crippen molar-refractivity contribution in [3.8, 4) is 22.5 Å². The first kappa shape index (κ1) is 15.0. The van der Waals surface area contributed by atoms with Crippen LogP contribution in [0.5, 0.6) is 0 Å². The second-order valence-electron chi connectivity index (χ2n) is 5.75. The predicted molar refractivity (Wildman–Crippen MR) is 98.2 cm³/mol. The lowest BCUT2D eigenvalue weighted by Crippen LogP contribution is -1.95. The van der Waals surface area contributed by atoms with Crippen molar-refractivity contribution in [3.63, 3.8) is 0 Å². The smallest absolute Gasteiger partial charge is 0.218 e. The Balaban J connectivity index is 1.85. The molecule has 0 aliphatic rings. The maximum atomic E-state index is 11.4. The molecule has 0 amide bonds. The number of benzene rings is 3. The van der Waals surface area contributed by atoms with Crippen molar-refractivity contribution in [2.24, 2.45) is 0 Å². The van der Waals surface area contributed by atoms with Crippen molar-refractivity contribution < 1.29 is 9.95 Å². The minimum Gasteiger partial charge on any atom is -0.619 e. The van der Waals surface area contributed by atoms with Gasteiger partial charge in [-0.1, -0.05) is 48.5 Å². The molecular formula is C20H15N3O2. The van der Waals surface area contributed by atoms with Crippen molar-refractivity contribution in [2.75, 3.05) is 0 Å². The van der Waals surface area contributed by atoms with E-state index in [0.717, 1.165) is 21.4 Å². The van der Waals surface area contributed by atoms with Crippen LogP contribution in [0.15, 0.2) is 72.8 Å². The molecule has 0 aliphatic heterocycles. The van der Waals surface area contributed by atoms with Crippen LogP contribution in [0.4, 0.5) is 5.69 Å². The van der Waals surface area contributed by atoms with Gasteiger partial charge in [0, 0.05) is 17.7 Å². The summed E-state index contributed by atoms with van der Waals surface area (Å²) < 4.78 is 1.51. The van der Waals surface area contributed by atoms with E-state index in [9.17, 15) is 10.4 Å². The quantitative estimate of drug-likeness (QED) is 0.198. The molecule has 122 valence electrons. The molecular weight excluding hydrogens is 314 g/mol. The Bertz CT molecular complexity index is 1080. The van der Waals surface area contributed by atoms with Crippen molar-refractivity contribution in [1.29, 1.82) is 0 Å².